The molecule has 38 heavy (non-hydrogen) atoms. The van der Waals surface area contributed by atoms with Gasteiger partial charge in [-0.2, -0.15) is 0 Å². The van der Waals surface area contributed by atoms with Crippen LogP contribution in [0.15, 0.2) is 91.0 Å². The summed E-state index contributed by atoms with van der Waals surface area (Å²) in [6.45, 7) is 8.57. The molecule has 6 heteroatoms. The van der Waals surface area contributed by atoms with E-state index < -0.39 is 0 Å². The van der Waals surface area contributed by atoms with Crippen molar-refractivity contribution in [2.75, 3.05) is 43.0 Å². The number of amides is 1. The highest BCUT2D eigenvalue weighted by Crippen LogP contribution is 2.40. The van der Waals surface area contributed by atoms with Crippen molar-refractivity contribution in [3.05, 3.63) is 113 Å². The minimum atomic E-state index is -0.0734. The summed E-state index contributed by atoms with van der Waals surface area (Å²) in [4.78, 5) is 19.4. The Balaban J connectivity index is 1.47. The SMILES string of the molecule is CCOc1ccc([C@H](c2cc(CC)sc2NC(=O)c2ccccc2)N2CCN(c3ccccc3)CC2)cc1. The molecule has 0 bridgehead atoms. The van der Waals surface area contributed by atoms with Gasteiger partial charge in [0.15, 0.2) is 0 Å². The van der Waals surface area contributed by atoms with Gasteiger partial charge in [-0.1, -0.05) is 55.5 Å². The second-order valence-corrected chi connectivity index (χ2v) is 10.6. The third-order valence-electron chi connectivity index (χ3n) is 7.03. The van der Waals surface area contributed by atoms with Gasteiger partial charge < -0.3 is 15.0 Å². The van der Waals surface area contributed by atoms with Crippen molar-refractivity contribution in [2.24, 2.45) is 0 Å². The van der Waals surface area contributed by atoms with Crippen LogP contribution in [0.4, 0.5) is 10.7 Å². The molecule has 1 aliphatic rings. The van der Waals surface area contributed by atoms with Crippen molar-refractivity contribution in [2.45, 2.75) is 26.3 Å². The maximum Gasteiger partial charge on any atom is 0.256 e. The average Bonchev–Trinajstić information content (AvgIpc) is 3.37. The number of nitrogens with zero attached hydrogens (tertiary/aromatic N) is 2. The van der Waals surface area contributed by atoms with Gasteiger partial charge in [0.25, 0.3) is 5.91 Å². The van der Waals surface area contributed by atoms with E-state index in [4.69, 9.17) is 4.74 Å². The zero-order chi connectivity index (χ0) is 26.3. The van der Waals surface area contributed by atoms with Crippen LogP contribution in [0.25, 0.3) is 0 Å². The largest absolute Gasteiger partial charge is 0.494 e. The summed E-state index contributed by atoms with van der Waals surface area (Å²) < 4.78 is 5.73. The number of thiophene rings is 1. The third kappa shape index (κ3) is 5.93. The summed E-state index contributed by atoms with van der Waals surface area (Å²) in [5.74, 6) is 0.803. The van der Waals surface area contributed by atoms with E-state index in [0.717, 1.165) is 48.9 Å². The molecular weight excluding hydrogens is 490 g/mol. The topological polar surface area (TPSA) is 44.8 Å². The van der Waals surface area contributed by atoms with Gasteiger partial charge in [-0.3, -0.25) is 9.69 Å². The third-order valence-corrected chi connectivity index (χ3v) is 8.24. The minimum absolute atomic E-state index is 0.0335. The van der Waals surface area contributed by atoms with Crippen LogP contribution in [0.2, 0.25) is 0 Å². The summed E-state index contributed by atoms with van der Waals surface area (Å²) in [5, 5.41) is 4.19. The molecule has 0 unspecified atom stereocenters. The molecule has 2 heterocycles. The molecule has 1 aliphatic heterocycles. The molecule has 5 rings (SSSR count). The number of rotatable bonds is 9. The first-order chi connectivity index (χ1) is 18.7. The molecule has 1 fully saturated rings. The Bertz CT molecular complexity index is 1310. The maximum absolute atomic E-state index is 13.2. The highest BCUT2D eigenvalue weighted by Gasteiger charge is 2.30. The van der Waals surface area contributed by atoms with Crippen molar-refractivity contribution in [1.82, 2.24) is 4.90 Å². The van der Waals surface area contributed by atoms with Gasteiger partial charge in [-0.15, -0.1) is 11.3 Å². The van der Waals surface area contributed by atoms with Crippen LogP contribution in [0, 0.1) is 0 Å². The number of anilines is 2. The number of hydrogen-bond donors (Lipinski definition) is 1. The first-order valence-electron chi connectivity index (χ1n) is 13.4. The smallest absolute Gasteiger partial charge is 0.256 e. The second-order valence-electron chi connectivity index (χ2n) is 9.43. The van der Waals surface area contributed by atoms with Crippen molar-refractivity contribution < 1.29 is 9.53 Å². The number of benzene rings is 3. The van der Waals surface area contributed by atoms with Crippen LogP contribution in [0.5, 0.6) is 5.75 Å². The maximum atomic E-state index is 13.2. The predicted octanol–water partition coefficient (Wildman–Crippen LogP) is 6.87. The van der Waals surface area contributed by atoms with Crippen molar-refractivity contribution in [3.63, 3.8) is 0 Å². The lowest BCUT2D eigenvalue weighted by Gasteiger charge is -2.40. The van der Waals surface area contributed by atoms with Gasteiger partial charge in [0.05, 0.1) is 12.6 Å². The molecule has 1 saturated heterocycles. The number of nitrogens with one attached hydrogen (secondary N) is 1. The van der Waals surface area contributed by atoms with E-state index in [1.54, 1.807) is 11.3 Å². The molecule has 5 nitrogen and oxygen atoms in total. The number of piperazine rings is 1. The van der Waals surface area contributed by atoms with Gasteiger partial charge >= 0.3 is 0 Å². The van der Waals surface area contributed by atoms with Crippen LogP contribution in [-0.2, 0) is 6.42 Å². The quantitative estimate of drug-likeness (QED) is 0.259. The number of carbonyl (C=O) groups excluding carboxylic acids is 1. The van der Waals surface area contributed by atoms with Crippen LogP contribution < -0.4 is 15.0 Å². The number of para-hydroxylation sites is 1. The van der Waals surface area contributed by atoms with Gasteiger partial charge in [-0.05, 0) is 61.4 Å². The van der Waals surface area contributed by atoms with Crippen molar-refractivity contribution >= 4 is 27.9 Å². The lowest BCUT2D eigenvalue weighted by molar-refractivity contribution is 0.102. The molecule has 0 aliphatic carbocycles. The second kappa shape index (κ2) is 12.3. The van der Waals surface area contributed by atoms with E-state index in [2.05, 4.69) is 82.7 Å². The Hall–Kier alpha value is -3.61. The molecule has 0 spiro atoms. The number of ether oxygens (including phenoxy) is 1. The minimum Gasteiger partial charge on any atom is -0.494 e. The molecule has 1 atom stereocenters. The number of aryl methyl sites for hydroxylation is 1. The van der Waals surface area contributed by atoms with Gasteiger partial charge in [-0.25, -0.2) is 0 Å². The Kier molecular flexibility index (Phi) is 8.41. The summed E-state index contributed by atoms with van der Waals surface area (Å²) in [6, 6.07) is 30.9. The molecule has 1 amide bonds. The highest BCUT2D eigenvalue weighted by atomic mass is 32.1. The molecule has 0 radical (unpaired) electrons. The monoisotopic (exact) mass is 525 g/mol. The molecule has 1 N–H and O–H groups in total. The van der Waals surface area contributed by atoms with Crippen molar-refractivity contribution in [1.29, 1.82) is 0 Å². The Morgan fingerprint density at radius 1 is 0.895 bits per heavy atom. The Morgan fingerprint density at radius 3 is 2.18 bits per heavy atom. The fraction of sp³-hybridized carbons (Fsp3) is 0.281. The Morgan fingerprint density at radius 2 is 1.55 bits per heavy atom. The Labute approximate surface area is 229 Å². The van der Waals surface area contributed by atoms with E-state index >= 15 is 0 Å². The highest BCUT2D eigenvalue weighted by molar-refractivity contribution is 7.16. The van der Waals surface area contributed by atoms with Gasteiger partial charge in [0, 0.05) is 47.9 Å². The van der Waals surface area contributed by atoms with E-state index in [1.165, 1.54) is 16.1 Å². The number of hydrogen-bond acceptors (Lipinski definition) is 5. The standard InChI is InChI=1S/C32H35N3O2S/c1-3-28-23-29(32(38-28)33-31(36)25-11-7-5-8-12-25)30(24-15-17-27(18-16-24)37-4-2)35-21-19-34(20-22-35)26-13-9-6-10-14-26/h5-18,23,30H,3-4,19-22H2,1-2H3,(H,33,36)/t30-/m1/s1. The van der Waals surface area contributed by atoms with E-state index in [9.17, 15) is 4.79 Å². The van der Waals surface area contributed by atoms with Crippen molar-refractivity contribution in [3.8, 4) is 5.75 Å². The van der Waals surface area contributed by atoms with Crippen LogP contribution in [0.1, 0.15) is 46.3 Å². The molecule has 0 saturated carbocycles. The molecule has 196 valence electrons. The summed E-state index contributed by atoms with van der Waals surface area (Å²) in [6.07, 6.45) is 0.927. The van der Waals surface area contributed by atoms with Crippen LogP contribution >= 0.6 is 11.3 Å². The zero-order valence-electron chi connectivity index (χ0n) is 22.1. The molecular formula is C32H35N3O2S. The summed E-state index contributed by atoms with van der Waals surface area (Å²) in [5.41, 5.74) is 4.30. The molecule has 1 aromatic heterocycles. The average molecular weight is 526 g/mol. The van der Waals surface area contributed by atoms with E-state index in [-0.39, 0.29) is 11.9 Å². The lowest BCUT2D eigenvalue weighted by atomic mass is 9.97. The van der Waals surface area contributed by atoms with Gasteiger partial charge in [0.1, 0.15) is 10.8 Å². The van der Waals surface area contributed by atoms with Gasteiger partial charge in [0.2, 0.25) is 0 Å². The zero-order valence-corrected chi connectivity index (χ0v) is 22.9. The summed E-state index contributed by atoms with van der Waals surface area (Å²) in [7, 11) is 0. The normalized spacial score (nSPS) is 14.7. The first-order valence-corrected chi connectivity index (χ1v) is 14.2. The van der Waals surface area contributed by atoms with Crippen LogP contribution in [-0.4, -0.2) is 43.6 Å². The fourth-order valence-electron chi connectivity index (χ4n) is 5.08. The van der Waals surface area contributed by atoms with E-state index in [0.29, 0.717) is 12.2 Å². The first kappa shape index (κ1) is 26.0. The van der Waals surface area contributed by atoms with Crippen LogP contribution in [0.3, 0.4) is 0 Å². The summed E-state index contributed by atoms with van der Waals surface area (Å²) >= 11 is 1.68. The molecule has 4 aromatic rings. The lowest BCUT2D eigenvalue weighted by Crippen LogP contribution is -2.48. The van der Waals surface area contributed by atoms with E-state index in [1.807, 2.05) is 37.3 Å². The number of carbonyl (C=O) groups is 1. The predicted molar refractivity (Wildman–Crippen MR) is 158 cm³/mol. The fourth-order valence-corrected chi connectivity index (χ4v) is 6.10. The molecule has 3 aromatic carbocycles.